The van der Waals surface area contributed by atoms with Crippen molar-refractivity contribution in [3.63, 3.8) is 0 Å². The SMILES string of the molecule is Cc1cc(C(=O)O)nc(NC2(C)CCOC2)n1. The quantitative estimate of drug-likeness (QED) is 0.818. The monoisotopic (exact) mass is 237 g/mol. The van der Waals surface area contributed by atoms with Crippen molar-refractivity contribution in [2.45, 2.75) is 25.8 Å². The summed E-state index contributed by atoms with van der Waals surface area (Å²) in [4.78, 5) is 19.0. The number of carboxylic acid groups (broad SMARTS) is 1. The Hall–Kier alpha value is -1.69. The number of ether oxygens (including phenoxy) is 1. The Kier molecular flexibility index (Phi) is 2.97. The Labute approximate surface area is 99.0 Å². The van der Waals surface area contributed by atoms with E-state index in [1.54, 1.807) is 6.92 Å². The van der Waals surface area contributed by atoms with E-state index in [1.165, 1.54) is 6.07 Å². The van der Waals surface area contributed by atoms with E-state index in [9.17, 15) is 4.79 Å². The molecule has 0 aliphatic carbocycles. The molecule has 0 aromatic carbocycles. The fourth-order valence-corrected chi connectivity index (χ4v) is 1.77. The zero-order valence-electron chi connectivity index (χ0n) is 9.86. The van der Waals surface area contributed by atoms with Crippen molar-refractivity contribution in [3.05, 3.63) is 17.5 Å². The van der Waals surface area contributed by atoms with Gasteiger partial charge in [0.15, 0.2) is 5.69 Å². The molecule has 1 aromatic heterocycles. The Balaban J connectivity index is 2.23. The van der Waals surface area contributed by atoms with Gasteiger partial charge in [0.2, 0.25) is 5.95 Å². The van der Waals surface area contributed by atoms with E-state index in [-0.39, 0.29) is 11.2 Å². The lowest BCUT2D eigenvalue weighted by molar-refractivity contribution is 0.0690. The third-order valence-electron chi connectivity index (χ3n) is 2.71. The first-order valence-corrected chi connectivity index (χ1v) is 5.43. The summed E-state index contributed by atoms with van der Waals surface area (Å²) in [5.74, 6) is -0.707. The summed E-state index contributed by atoms with van der Waals surface area (Å²) in [5, 5.41) is 12.1. The highest BCUT2D eigenvalue weighted by atomic mass is 16.5. The van der Waals surface area contributed by atoms with Crippen molar-refractivity contribution in [1.29, 1.82) is 0 Å². The zero-order valence-corrected chi connectivity index (χ0v) is 9.86. The van der Waals surface area contributed by atoms with E-state index in [2.05, 4.69) is 15.3 Å². The lowest BCUT2D eigenvalue weighted by atomic mass is 10.0. The average molecular weight is 237 g/mol. The van der Waals surface area contributed by atoms with Crippen molar-refractivity contribution in [1.82, 2.24) is 9.97 Å². The van der Waals surface area contributed by atoms with Crippen molar-refractivity contribution in [3.8, 4) is 0 Å². The van der Waals surface area contributed by atoms with Gasteiger partial charge in [-0.1, -0.05) is 0 Å². The predicted octanol–water partition coefficient (Wildman–Crippen LogP) is 1.07. The normalized spacial score (nSPS) is 23.6. The van der Waals surface area contributed by atoms with Gasteiger partial charge in [0.25, 0.3) is 0 Å². The van der Waals surface area contributed by atoms with Crippen molar-refractivity contribution >= 4 is 11.9 Å². The topological polar surface area (TPSA) is 84.3 Å². The van der Waals surface area contributed by atoms with Crippen LogP contribution in [0.1, 0.15) is 29.5 Å². The van der Waals surface area contributed by atoms with E-state index >= 15 is 0 Å². The molecule has 1 aliphatic rings. The molecule has 1 saturated heterocycles. The molecule has 1 unspecified atom stereocenters. The molecule has 1 fully saturated rings. The number of nitrogens with zero attached hydrogens (tertiary/aromatic N) is 2. The molecule has 92 valence electrons. The number of nitrogens with one attached hydrogen (secondary N) is 1. The van der Waals surface area contributed by atoms with Gasteiger partial charge in [0.1, 0.15) is 0 Å². The summed E-state index contributed by atoms with van der Waals surface area (Å²) in [6, 6.07) is 1.45. The maximum Gasteiger partial charge on any atom is 0.354 e. The van der Waals surface area contributed by atoms with Crippen molar-refractivity contribution in [2.75, 3.05) is 18.5 Å². The molecule has 1 atom stereocenters. The predicted molar refractivity (Wildman–Crippen MR) is 61.2 cm³/mol. The summed E-state index contributed by atoms with van der Waals surface area (Å²) in [6.07, 6.45) is 0.854. The van der Waals surface area contributed by atoms with Crippen LogP contribution in [0.5, 0.6) is 0 Å². The molecule has 0 saturated carbocycles. The highest BCUT2D eigenvalue weighted by Crippen LogP contribution is 2.22. The molecule has 0 amide bonds. The van der Waals surface area contributed by atoms with Crippen LogP contribution in [0.3, 0.4) is 0 Å². The summed E-state index contributed by atoms with van der Waals surface area (Å²) in [5.41, 5.74) is 0.411. The third-order valence-corrected chi connectivity index (χ3v) is 2.71. The number of aromatic carboxylic acids is 1. The fraction of sp³-hybridized carbons (Fsp3) is 0.545. The van der Waals surface area contributed by atoms with Gasteiger partial charge in [0.05, 0.1) is 12.1 Å². The maximum atomic E-state index is 10.9. The van der Waals surface area contributed by atoms with Crippen LogP contribution >= 0.6 is 0 Å². The lowest BCUT2D eigenvalue weighted by Gasteiger charge is -2.23. The van der Waals surface area contributed by atoms with Gasteiger partial charge in [-0.25, -0.2) is 14.8 Å². The van der Waals surface area contributed by atoms with E-state index in [0.717, 1.165) is 6.42 Å². The van der Waals surface area contributed by atoms with Crippen LogP contribution in [-0.2, 0) is 4.74 Å². The molecule has 6 nitrogen and oxygen atoms in total. The average Bonchev–Trinajstić information content (AvgIpc) is 2.63. The van der Waals surface area contributed by atoms with E-state index < -0.39 is 5.97 Å². The first-order valence-electron chi connectivity index (χ1n) is 5.43. The second kappa shape index (κ2) is 4.29. The van der Waals surface area contributed by atoms with Gasteiger partial charge in [-0.3, -0.25) is 0 Å². The molecule has 0 bridgehead atoms. The van der Waals surface area contributed by atoms with E-state index in [1.807, 2.05) is 6.92 Å². The Bertz CT molecular complexity index is 442. The number of hydrogen-bond donors (Lipinski definition) is 2. The number of carboxylic acids is 1. The van der Waals surface area contributed by atoms with Gasteiger partial charge in [0, 0.05) is 12.3 Å². The van der Waals surface area contributed by atoms with E-state index in [4.69, 9.17) is 9.84 Å². The number of rotatable bonds is 3. The molecular formula is C11H15N3O3. The smallest absolute Gasteiger partial charge is 0.354 e. The summed E-state index contributed by atoms with van der Waals surface area (Å²) >= 11 is 0. The minimum Gasteiger partial charge on any atom is -0.477 e. The first-order chi connectivity index (χ1) is 7.98. The minimum absolute atomic E-state index is 0.00233. The van der Waals surface area contributed by atoms with Gasteiger partial charge in [-0.2, -0.15) is 0 Å². The van der Waals surface area contributed by atoms with Crippen molar-refractivity contribution < 1.29 is 14.6 Å². The second-order valence-corrected chi connectivity index (χ2v) is 4.51. The Morgan fingerprint density at radius 3 is 2.94 bits per heavy atom. The summed E-state index contributed by atoms with van der Waals surface area (Å²) in [7, 11) is 0. The molecule has 17 heavy (non-hydrogen) atoms. The number of aryl methyl sites for hydroxylation is 1. The molecule has 1 aromatic rings. The Morgan fingerprint density at radius 1 is 1.59 bits per heavy atom. The highest BCUT2D eigenvalue weighted by Gasteiger charge is 2.30. The van der Waals surface area contributed by atoms with Crippen LogP contribution in [0.4, 0.5) is 5.95 Å². The van der Waals surface area contributed by atoms with Gasteiger partial charge in [-0.15, -0.1) is 0 Å². The number of hydrogen-bond acceptors (Lipinski definition) is 5. The molecule has 2 rings (SSSR count). The van der Waals surface area contributed by atoms with Crippen LogP contribution in [0.2, 0.25) is 0 Å². The zero-order chi connectivity index (χ0) is 12.5. The molecular weight excluding hydrogens is 222 g/mol. The summed E-state index contributed by atoms with van der Waals surface area (Å²) in [6.45, 7) is 5.02. The minimum atomic E-state index is -1.05. The molecule has 0 radical (unpaired) electrons. The summed E-state index contributed by atoms with van der Waals surface area (Å²) < 4.78 is 5.31. The Morgan fingerprint density at radius 2 is 2.35 bits per heavy atom. The standard InChI is InChI=1S/C11H15N3O3/c1-7-5-8(9(15)16)13-10(12-7)14-11(2)3-4-17-6-11/h5H,3-4,6H2,1-2H3,(H,15,16)(H,12,13,14). The van der Waals surface area contributed by atoms with Crippen LogP contribution in [0.25, 0.3) is 0 Å². The number of anilines is 1. The van der Waals surface area contributed by atoms with Crippen molar-refractivity contribution in [2.24, 2.45) is 0 Å². The van der Waals surface area contributed by atoms with Gasteiger partial charge in [-0.05, 0) is 26.3 Å². The molecule has 2 N–H and O–H groups in total. The second-order valence-electron chi connectivity index (χ2n) is 4.51. The maximum absolute atomic E-state index is 10.9. The van der Waals surface area contributed by atoms with Crippen LogP contribution in [0.15, 0.2) is 6.07 Å². The third kappa shape index (κ3) is 2.71. The molecule has 6 heteroatoms. The number of carbonyl (C=O) groups is 1. The number of aromatic nitrogens is 2. The molecule has 1 aliphatic heterocycles. The first kappa shape index (κ1) is 11.8. The highest BCUT2D eigenvalue weighted by molar-refractivity contribution is 5.85. The largest absolute Gasteiger partial charge is 0.477 e. The molecule has 0 spiro atoms. The van der Waals surface area contributed by atoms with Crippen LogP contribution in [0, 0.1) is 6.92 Å². The van der Waals surface area contributed by atoms with Gasteiger partial charge >= 0.3 is 5.97 Å². The van der Waals surface area contributed by atoms with E-state index in [0.29, 0.717) is 24.9 Å². The lowest BCUT2D eigenvalue weighted by Crippen LogP contribution is -2.36. The van der Waals surface area contributed by atoms with Gasteiger partial charge < -0.3 is 15.2 Å². The van der Waals surface area contributed by atoms with Crippen LogP contribution < -0.4 is 5.32 Å². The fourth-order valence-electron chi connectivity index (χ4n) is 1.77. The molecule has 2 heterocycles. The van der Waals surface area contributed by atoms with Crippen LogP contribution in [-0.4, -0.2) is 39.8 Å².